The zero-order chi connectivity index (χ0) is 26.7. The summed E-state index contributed by atoms with van der Waals surface area (Å²) in [5, 5.41) is 11.4. The van der Waals surface area contributed by atoms with Crippen LogP contribution < -0.4 is 19.1 Å². The molecule has 1 saturated heterocycles. The lowest BCUT2D eigenvalue weighted by Crippen LogP contribution is -2.29. The van der Waals surface area contributed by atoms with Gasteiger partial charge in [-0.25, -0.2) is 4.39 Å². The number of halogens is 1. The van der Waals surface area contributed by atoms with Crippen molar-refractivity contribution >= 4 is 23.1 Å². The molecule has 7 nitrogen and oxygen atoms in total. The summed E-state index contributed by atoms with van der Waals surface area (Å²) in [4.78, 5) is 28.2. The zero-order valence-electron chi connectivity index (χ0n) is 21.0. The van der Waals surface area contributed by atoms with Crippen molar-refractivity contribution in [2.24, 2.45) is 0 Å². The van der Waals surface area contributed by atoms with Crippen LogP contribution in [0.25, 0.3) is 5.76 Å². The molecule has 0 spiro atoms. The maximum absolute atomic E-state index is 14.2. The van der Waals surface area contributed by atoms with Crippen LogP contribution in [-0.4, -0.2) is 36.6 Å². The first-order valence-corrected chi connectivity index (χ1v) is 11.9. The highest BCUT2D eigenvalue weighted by molar-refractivity contribution is 6.51. The van der Waals surface area contributed by atoms with Gasteiger partial charge < -0.3 is 19.3 Å². The first-order valence-electron chi connectivity index (χ1n) is 11.9. The van der Waals surface area contributed by atoms with Crippen LogP contribution in [0, 0.1) is 5.82 Å². The summed E-state index contributed by atoms with van der Waals surface area (Å²) in [7, 11) is 1.37. The van der Waals surface area contributed by atoms with E-state index in [1.807, 2.05) is 20.8 Å². The lowest BCUT2D eigenvalue weighted by atomic mass is 9.94. The predicted octanol–water partition coefficient (Wildman–Crippen LogP) is 5.65. The Kier molecular flexibility index (Phi) is 7.47. The number of ether oxygens (including phenoxy) is 3. The summed E-state index contributed by atoms with van der Waals surface area (Å²) in [5.74, 6) is -1.73. The fourth-order valence-electron chi connectivity index (χ4n) is 4.34. The molecule has 1 amide bonds. The van der Waals surface area contributed by atoms with Crippen LogP contribution in [0.1, 0.15) is 37.9 Å². The van der Waals surface area contributed by atoms with Crippen molar-refractivity contribution < 1.29 is 33.3 Å². The largest absolute Gasteiger partial charge is 0.507 e. The fourth-order valence-corrected chi connectivity index (χ4v) is 4.34. The molecule has 0 radical (unpaired) electrons. The molecule has 1 fully saturated rings. The molecule has 0 saturated carbocycles. The number of carbonyl (C=O) groups is 2. The van der Waals surface area contributed by atoms with Gasteiger partial charge in [0.1, 0.15) is 28.8 Å². The molecular formula is C29H28FNO6. The van der Waals surface area contributed by atoms with Crippen molar-refractivity contribution in [3.63, 3.8) is 0 Å². The lowest BCUT2D eigenvalue weighted by molar-refractivity contribution is -0.132. The van der Waals surface area contributed by atoms with Crippen LogP contribution >= 0.6 is 0 Å². The Morgan fingerprint density at radius 3 is 2.46 bits per heavy atom. The van der Waals surface area contributed by atoms with Crippen molar-refractivity contribution in [2.45, 2.75) is 32.9 Å². The molecular weight excluding hydrogens is 477 g/mol. The highest BCUT2D eigenvalue weighted by Crippen LogP contribution is 2.44. The normalized spacial score (nSPS) is 16.8. The van der Waals surface area contributed by atoms with E-state index in [1.165, 1.54) is 24.1 Å². The number of aliphatic hydroxyl groups is 1. The minimum atomic E-state index is -1.03. The number of methoxy groups -OCH3 is 1. The quantitative estimate of drug-likeness (QED) is 0.242. The number of rotatable bonds is 8. The zero-order valence-corrected chi connectivity index (χ0v) is 21.0. The number of Topliss-reactive ketones (excluding diaryl/α,β-unsaturated/α-hetero) is 1. The molecule has 1 atom stereocenters. The Labute approximate surface area is 214 Å². The smallest absolute Gasteiger partial charge is 0.300 e. The van der Waals surface area contributed by atoms with Crippen LogP contribution in [0.15, 0.2) is 72.3 Å². The van der Waals surface area contributed by atoms with Crippen molar-refractivity contribution in [3.8, 4) is 17.2 Å². The van der Waals surface area contributed by atoms with Crippen LogP contribution in [0.3, 0.4) is 0 Å². The van der Waals surface area contributed by atoms with Crippen LogP contribution in [0.2, 0.25) is 0 Å². The molecule has 8 heteroatoms. The first kappa shape index (κ1) is 25.8. The van der Waals surface area contributed by atoms with E-state index in [9.17, 15) is 19.1 Å². The van der Waals surface area contributed by atoms with Crippen LogP contribution in [-0.2, 0) is 9.59 Å². The molecule has 1 unspecified atom stereocenters. The van der Waals surface area contributed by atoms with E-state index in [-0.39, 0.29) is 23.0 Å². The van der Waals surface area contributed by atoms with E-state index in [4.69, 9.17) is 14.2 Å². The summed E-state index contributed by atoms with van der Waals surface area (Å²) in [6, 6.07) is 16.3. The average Bonchev–Trinajstić information content (AvgIpc) is 3.14. The van der Waals surface area contributed by atoms with E-state index in [0.29, 0.717) is 29.4 Å². The molecule has 4 rings (SSSR count). The molecule has 1 aliphatic rings. The van der Waals surface area contributed by atoms with E-state index >= 15 is 0 Å². The molecule has 3 aromatic carbocycles. The maximum atomic E-state index is 14.2. The van der Waals surface area contributed by atoms with Gasteiger partial charge in [0.2, 0.25) is 0 Å². The highest BCUT2D eigenvalue weighted by atomic mass is 19.1. The van der Waals surface area contributed by atoms with E-state index in [0.717, 1.165) is 6.07 Å². The highest BCUT2D eigenvalue weighted by Gasteiger charge is 2.47. The standard InChI is InChI=1S/C29H28FNO6/c1-5-36-21-10-7-9-20(16-21)31-26(18-8-6-11-22(14-18)37-17(2)3)25(28(33)29(31)34)27(32)23-15-19(30)12-13-24(23)35-4/h6-17,26,32H,5H2,1-4H3/b27-25+. The van der Waals surface area contributed by atoms with Gasteiger partial charge >= 0.3 is 0 Å². The van der Waals surface area contributed by atoms with Crippen LogP contribution in [0.4, 0.5) is 10.1 Å². The maximum Gasteiger partial charge on any atom is 0.300 e. The molecule has 0 bridgehead atoms. The van der Waals surface area contributed by atoms with Gasteiger partial charge in [-0.1, -0.05) is 18.2 Å². The molecule has 3 aromatic rings. The Hall–Kier alpha value is -4.33. The van der Waals surface area contributed by atoms with E-state index in [2.05, 4.69) is 0 Å². The number of nitrogens with zero attached hydrogens (tertiary/aromatic N) is 1. The van der Waals surface area contributed by atoms with Gasteiger partial charge in [-0.3, -0.25) is 14.5 Å². The monoisotopic (exact) mass is 505 g/mol. The van der Waals surface area contributed by atoms with Gasteiger partial charge in [-0.05, 0) is 68.8 Å². The minimum Gasteiger partial charge on any atom is -0.507 e. The van der Waals surface area contributed by atoms with Crippen molar-refractivity contribution in [2.75, 3.05) is 18.6 Å². The first-order chi connectivity index (χ1) is 17.7. The number of ketones is 1. The summed E-state index contributed by atoms with van der Waals surface area (Å²) in [6.07, 6.45) is -0.110. The van der Waals surface area contributed by atoms with Crippen molar-refractivity contribution in [1.29, 1.82) is 0 Å². The van der Waals surface area contributed by atoms with Gasteiger partial charge in [0.15, 0.2) is 0 Å². The van der Waals surface area contributed by atoms with Crippen molar-refractivity contribution in [3.05, 3.63) is 89.2 Å². The van der Waals surface area contributed by atoms with Gasteiger partial charge in [0, 0.05) is 11.8 Å². The molecule has 1 heterocycles. The topological polar surface area (TPSA) is 85.3 Å². The minimum absolute atomic E-state index is 0.0387. The predicted molar refractivity (Wildman–Crippen MR) is 138 cm³/mol. The number of amides is 1. The van der Waals surface area contributed by atoms with Gasteiger partial charge in [-0.2, -0.15) is 0 Å². The molecule has 1 aliphatic heterocycles. The molecule has 1 N–H and O–H groups in total. The summed E-state index contributed by atoms with van der Waals surface area (Å²) < 4.78 is 30.9. The molecule has 192 valence electrons. The Balaban J connectivity index is 1.97. The van der Waals surface area contributed by atoms with E-state index < -0.39 is 29.3 Å². The third-order valence-corrected chi connectivity index (χ3v) is 5.81. The molecule has 37 heavy (non-hydrogen) atoms. The second kappa shape index (κ2) is 10.7. The number of carbonyl (C=O) groups excluding carboxylic acids is 2. The third kappa shape index (κ3) is 5.14. The Morgan fingerprint density at radius 1 is 1.03 bits per heavy atom. The lowest BCUT2D eigenvalue weighted by Gasteiger charge is -2.26. The fraction of sp³-hybridized carbons (Fsp3) is 0.241. The second-order valence-corrected chi connectivity index (χ2v) is 8.68. The molecule has 0 aromatic heterocycles. The number of benzene rings is 3. The van der Waals surface area contributed by atoms with Gasteiger partial charge in [0.05, 0.1) is 37.0 Å². The van der Waals surface area contributed by atoms with E-state index in [1.54, 1.807) is 48.5 Å². The van der Waals surface area contributed by atoms with Crippen molar-refractivity contribution in [1.82, 2.24) is 0 Å². The number of anilines is 1. The summed E-state index contributed by atoms with van der Waals surface area (Å²) >= 11 is 0. The average molecular weight is 506 g/mol. The Morgan fingerprint density at radius 2 is 1.76 bits per heavy atom. The third-order valence-electron chi connectivity index (χ3n) is 5.81. The van der Waals surface area contributed by atoms with Gasteiger partial charge in [0.25, 0.3) is 11.7 Å². The summed E-state index contributed by atoms with van der Waals surface area (Å²) in [5.41, 5.74) is 0.690. The van der Waals surface area contributed by atoms with Gasteiger partial charge in [-0.15, -0.1) is 0 Å². The summed E-state index contributed by atoms with van der Waals surface area (Å²) in [6.45, 7) is 6.02. The Bertz CT molecular complexity index is 1370. The number of hydrogen-bond donors (Lipinski definition) is 1. The van der Waals surface area contributed by atoms with Crippen LogP contribution in [0.5, 0.6) is 17.2 Å². The SMILES string of the molecule is CCOc1cccc(N2C(=O)C(=O)/C(=C(/O)c3cc(F)ccc3OC)C2c2cccc(OC(C)C)c2)c1. The molecule has 0 aliphatic carbocycles. The second-order valence-electron chi connectivity index (χ2n) is 8.68. The number of aliphatic hydroxyl groups excluding tert-OH is 1. The number of hydrogen-bond acceptors (Lipinski definition) is 6.